The molecule has 1 unspecified atom stereocenters. The van der Waals surface area contributed by atoms with E-state index in [0.717, 1.165) is 5.56 Å². The number of aromatic nitrogens is 1. The zero-order valence-electron chi connectivity index (χ0n) is 12.0. The second kappa shape index (κ2) is 6.68. The smallest absolute Gasteiger partial charge is 0.209 e. The molecule has 114 valence electrons. The summed E-state index contributed by atoms with van der Waals surface area (Å²) in [5.74, 6) is 0.157. The van der Waals surface area contributed by atoms with Gasteiger partial charge in [-0.2, -0.15) is 0 Å². The van der Waals surface area contributed by atoms with Crippen LogP contribution < -0.4 is 5.32 Å². The summed E-state index contributed by atoms with van der Waals surface area (Å²) in [7, 11) is 0. The molecule has 0 aliphatic rings. The molecule has 1 aromatic heterocycles. The first-order chi connectivity index (χ1) is 10.8. The Labute approximate surface area is 127 Å². The fourth-order valence-corrected chi connectivity index (χ4v) is 2.43. The van der Waals surface area contributed by atoms with Gasteiger partial charge in [0.05, 0.1) is 6.54 Å². The number of benzene rings is 2. The Bertz CT molecular complexity index is 743. The van der Waals surface area contributed by atoms with Crippen LogP contribution >= 0.6 is 0 Å². The van der Waals surface area contributed by atoms with Crippen LogP contribution in [0.2, 0.25) is 0 Å². The number of halogens is 1. The Morgan fingerprint density at radius 1 is 1.18 bits per heavy atom. The molecule has 0 aliphatic carbocycles. The molecule has 0 amide bonds. The van der Waals surface area contributed by atoms with Crippen LogP contribution in [0.15, 0.2) is 52.9 Å². The SMILES string of the molecule is OCCC(NCc1nc2ccc(F)cc2o1)c1ccccc1. The highest BCUT2D eigenvalue weighted by Crippen LogP contribution is 2.19. The number of aliphatic hydroxyl groups excluding tert-OH is 1. The molecule has 0 bridgehead atoms. The molecule has 0 saturated carbocycles. The lowest BCUT2D eigenvalue weighted by Crippen LogP contribution is -2.22. The van der Waals surface area contributed by atoms with Gasteiger partial charge in [0.1, 0.15) is 11.3 Å². The monoisotopic (exact) mass is 300 g/mol. The van der Waals surface area contributed by atoms with Crippen LogP contribution in [0.4, 0.5) is 4.39 Å². The van der Waals surface area contributed by atoms with Gasteiger partial charge in [0.15, 0.2) is 5.58 Å². The number of nitrogens with one attached hydrogen (secondary N) is 1. The van der Waals surface area contributed by atoms with Gasteiger partial charge < -0.3 is 14.8 Å². The van der Waals surface area contributed by atoms with Gasteiger partial charge in [0.2, 0.25) is 5.89 Å². The molecule has 0 fully saturated rings. The van der Waals surface area contributed by atoms with Crippen molar-refractivity contribution in [3.8, 4) is 0 Å². The molecule has 0 radical (unpaired) electrons. The van der Waals surface area contributed by atoms with Crippen molar-refractivity contribution in [1.82, 2.24) is 10.3 Å². The van der Waals surface area contributed by atoms with Gasteiger partial charge >= 0.3 is 0 Å². The normalized spacial score (nSPS) is 12.6. The molecule has 0 saturated heterocycles. The summed E-state index contributed by atoms with van der Waals surface area (Å²) in [5.41, 5.74) is 2.17. The lowest BCUT2D eigenvalue weighted by Gasteiger charge is -2.17. The molecule has 0 spiro atoms. The number of rotatable bonds is 6. The van der Waals surface area contributed by atoms with Gasteiger partial charge in [-0.05, 0) is 24.1 Å². The third kappa shape index (κ3) is 3.32. The molecule has 3 rings (SSSR count). The molecule has 4 nitrogen and oxygen atoms in total. The maximum Gasteiger partial charge on any atom is 0.209 e. The predicted octanol–water partition coefficient (Wildman–Crippen LogP) is 3.18. The quantitative estimate of drug-likeness (QED) is 0.734. The van der Waals surface area contributed by atoms with Crippen molar-refractivity contribution >= 4 is 11.1 Å². The van der Waals surface area contributed by atoms with E-state index < -0.39 is 0 Å². The lowest BCUT2D eigenvalue weighted by molar-refractivity contribution is 0.263. The Kier molecular flexibility index (Phi) is 4.46. The topological polar surface area (TPSA) is 58.3 Å². The Hall–Kier alpha value is -2.24. The standard InChI is InChI=1S/C17H17FN2O2/c18-13-6-7-15-16(10-13)22-17(20-15)11-19-14(8-9-21)12-4-2-1-3-5-12/h1-7,10,14,19,21H,8-9,11H2. The first-order valence-electron chi connectivity index (χ1n) is 7.20. The predicted molar refractivity (Wildman–Crippen MR) is 81.7 cm³/mol. The van der Waals surface area contributed by atoms with Gasteiger partial charge in [0, 0.05) is 18.7 Å². The van der Waals surface area contributed by atoms with Crippen LogP contribution in [0.5, 0.6) is 0 Å². The van der Waals surface area contributed by atoms with Crippen LogP contribution in [-0.4, -0.2) is 16.7 Å². The van der Waals surface area contributed by atoms with E-state index in [1.54, 1.807) is 6.07 Å². The van der Waals surface area contributed by atoms with E-state index >= 15 is 0 Å². The van der Waals surface area contributed by atoms with Gasteiger partial charge in [-0.1, -0.05) is 30.3 Å². The molecule has 2 aromatic carbocycles. The summed E-state index contributed by atoms with van der Waals surface area (Å²) in [4.78, 5) is 4.32. The summed E-state index contributed by atoms with van der Waals surface area (Å²) in [6.07, 6.45) is 0.596. The van der Waals surface area contributed by atoms with Crippen molar-refractivity contribution in [2.75, 3.05) is 6.61 Å². The Morgan fingerprint density at radius 2 is 2.00 bits per heavy atom. The second-order valence-corrected chi connectivity index (χ2v) is 5.08. The van der Waals surface area contributed by atoms with Gasteiger partial charge in [-0.25, -0.2) is 9.37 Å². The van der Waals surface area contributed by atoms with Crippen molar-refractivity contribution in [2.45, 2.75) is 19.0 Å². The number of nitrogens with zero attached hydrogens (tertiary/aromatic N) is 1. The van der Waals surface area contributed by atoms with Gasteiger partial charge in [-0.3, -0.25) is 0 Å². The number of oxazole rings is 1. The zero-order chi connectivity index (χ0) is 15.4. The second-order valence-electron chi connectivity index (χ2n) is 5.08. The fraction of sp³-hybridized carbons (Fsp3) is 0.235. The summed E-state index contributed by atoms with van der Waals surface area (Å²) in [6, 6.07) is 14.2. The molecule has 0 aliphatic heterocycles. The maximum atomic E-state index is 13.2. The highest BCUT2D eigenvalue weighted by molar-refractivity contribution is 5.72. The van der Waals surface area contributed by atoms with Crippen molar-refractivity contribution in [3.05, 3.63) is 65.8 Å². The van der Waals surface area contributed by atoms with Crippen LogP contribution in [0.25, 0.3) is 11.1 Å². The summed E-state index contributed by atoms with van der Waals surface area (Å²) >= 11 is 0. The third-order valence-electron chi connectivity index (χ3n) is 3.51. The van der Waals surface area contributed by atoms with E-state index in [9.17, 15) is 9.50 Å². The highest BCUT2D eigenvalue weighted by atomic mass is 19.1. The van der Waals surface area contributed by atoms with E-state index in [2.05, 4.69) is 10.3 Å². The maximum absolute atomic E-state index is 13.2. The van der Waals surface area contributed by atoms with Crippen LogP contribution in [0.1, 0.15) is 23.9 Å². The molecular weight excluding hydrogens is 283 g/mol. The van der Waals surface area contributed by atoms with E-state index in [0.29, 0.717) is 30.0 Å². The molecule has 2 N–H and O–H groups in total. The van der Waals surface area contributed by atoms with Crippen LogP contribution in [-0.2, 0) is 6.54 Å². The average Bonchev–Trinajstić information content (AvgIpc) is 2.94. The number of fused-ring (bicyclic) bond motifs is 1. The molecule has 1 atom stereocenters. The molecular formula is C17H17FN2O2. The highest BCUT2D eigenvalue weighted by Gasteiger charge is 2.12. The van der Waals surface area contributed by atoms with Gasteiger partial charge in [0.25, 0.3) is 0 Å². The Morgan fingerprint density at radius 3 is 2.77 bits per heavy atom. The van der Waals surface area contributed by atoms with Crippen molar-refractivity contribution in [1.29, 1.82) is 0 Å². The number of hydrogen-bond acceptors (Lipinski definition) is 4. The number of aliphatic hydroxyl groups is 1. The first-order valence-corrected chi connectivity index (χ1v) is 7.20. The molecule has 5 heteroatoms. The average molecular weight is 300 g/mol. The minimum atomic E-state index is -0.342. The largest absolute Gasteiger partial charge is 0.439 e. The van der Waals surface area contributed by atoms with Crippen molar-refractivity contribution < 1.29 is 13.9 Å². The van der Waals surface area contributed by atoms with Crippen molar-refractivity contribution in [2.24, 2.45) is 0 Å². The molecule has 22 heavy (non-hydrogen) atoms. The van der Waals surface area contributed by atoms with Crippen LogP contribution in [0, 0.1) is 5.82 Å². The third-order valence-corrected chi connectivity index (χ3v) is 3.51. The minimum absolute atomic E-state index is 0.0120. The molecule has 1 heterocycles. The van der Waals surface area contributed by atoms with E-state index in [1.807, 2.05) is 30.3 Å². The molecule has 3 aromatic rings. The van der Waals surface area contributed by atoms with Crippen molar-refractivity contribution in [3.63, 3.8) is 0 Å². The number of hydrogen-bond donors (Lipinski definition) is 2. The van der Waals surface area contributed by atoms with E-state index in [1.165, 1.54) is 12.1 Å². The van der Waals surface area contributed by atoms with Crippen LogP contribution in [0.3, 0.4) is 0 Å². The summed E-state index contributed by atoms with van der Waals surface area (Å²) in [6.45, 7) is 0.501. The Balaban J connectivity index is 1.73. The van der Waals surface area contributed by atoms with E-state index in [-0.39, 0.29) is 18.5 Å². The first kappa shape index (κ1) is 14.7. The summed E-state index contributed by atoms with van der Waals surface area (Å²) < 4.78 is 18.7. The summed E-state index contributed by atoms with van der Waals surface area (Å²) in [5, 5.41) is 12.5. The fourth-order valence-electron chi connectivity index (χ4n) is 2.43. The van der Waals surface area contributed by atoms with E-state index in [4.69, 9.17) is 4.42 Å². The minimum Gasteiger partial charge on any atom is -0.439 e. The zero-order valence-corrected chi connectivity index (χ0v) is 12.0. The lowest BCUT2D eigenvalue weighted by atomic mass is 10.0. The van der Waals surface area contributed by atoms with Gasteiger partial charge in [-0.15, -0.1) is 0 Å².